The molecule has 18 heavy (non-hydrogen) atoms. The van der Waals surface area contributed by atoms with E-state index < -0.39 is 23.2 Å². The number of rotatable bonds is 3. The van der Waals surface area contributed by atoms with Crippen LogP contribution in [0.4, 0.5) is 5.69 Å². The molecule has 1 unspecified atom stereocenters. The number of carboxylic acid groups (broad SMARTS) is 1. The van der Waals surface area contributed by atoms with Crippen molar-refractivity contribution in [1.82, 2.24) is 0 Å². The SMILES string of the molecule is CC(C)(C)C(C(=O)O)C(=O)Nc1ccc(I)cc1. The van der Waals surface area contributed by atoms with Gasteiger partial charge in [-0.25, -0.2) is 0 Å². The molecule has 1 aromatic carbocycles. The molecule has 0 spiro atoms. The van der Waals surface area contributed by atoms with Crippen molar-refractivity contribution >= 4 is 40.2 Å². The molecule has 0 heterocycles. The van der Waals surface area contributed by atoms with Gasteiger partial charge in [0, 0.05) is 9.26 Å². The van der Waals surface area contributed by atoms with Crippen LogP contribution in [0.15, 0.2) is 24.3 Å². The lowest BCUT2D eigenvalue weighted by Gasteiger charge is -2.25. The molecule has 0 fully saturated rings. The molecule has 0 bridgehead atoms. The topological polar surface area (TPSA) is 66.4 Å². The summed E-state index contributed by atoms with van der Waals surface area (Å²) in [6.07, 6.45) is 0. The first kappa shape index (κ1) is 14.9. The number of benzene rings is 1. The predicted molar refractivity (Wildman–Crippen MR) is 78.4 cm³/mol. The van der Waals surface area contributed by atoms with E-state index in [9.17, 15) is 9.59 Å². The highest BCUT2D eigenvalue weighted by atomic mass is 127. The molecule has 4 nitrogen and oxygen atoms in total. The molecule has 0 saturated heterocycles. The highest BCUT2D eigenvalue weighted by Gasteiger charge is 2.37. The molecule has 0 aromatic heterocycles. The molecule has 0 aliphatic rings. The number of hydrogen-bond donors (Lipinski definition) is 2. The molecule has 1 atom stereocenters. The van der Waals surface area contributed by atoms with Gasteiger partial charge >= 0.3 is 5.97 Å². The van der Waals surface area contributed by atoms with Crippen LogP contribution >= 0.6 is 22.6 Å². The molecule has 0 saturated carbocycles. The van der Waals surface area contributed by atoms with Crippen LogP contribution in [-0.2, 0) is 9.59 Å². The summed E-state index contributed by atoms with van der Waals surface area (Å²) in [6, 6.07) is 7.20. The third-order valence-electron chi connectivity index (χ3n) is 2.49. The normalized spacial score (nSPS) is 12.9. The molecule has 0 aliphatic heterocycles. The number of carboxylic acids is 1. The number of halogens is 1. The van der Waals surface area contributed by atoms with Crippen molar-refractivity contribution in [3.05, 3.63) is 27.8 Å². The fourth-order valence-electron chi connectivity index (χ4n) is 1.62. The summed E-state index contributed by atoms with van der Waals surface area (Å²) >= 11 is 2.16. The first-order chi connectivity index (χ1) is 8.21. The van der Waals surface area contributed by atoms with Gasteiger partial charge in [-0.1, -0.05) is 20.8 Å². The van der Waals surface area contributed by atoms with E-state index in [0.29, 0.717) is 5.69 Å². The predicted octanol–water partition coefficient (Wildman–Crippen LogP) is 2.98. The van der Waals surface area contributed by atoms with E-state index in [4.69, 9.17) is 5.11 Å². The number of nitrogens with one attached hydrogen (secondary N) is 1. The van der Waals surface area contributed by atoms with Gasteiger partial charge < -0.3 is 10.4 Å². The molecular formula is C13H16INO3. The Morgan fingerprint density at radius 1 is 1.22 bits per heavy atom. The lowest BCUT2D eigenvalue weighted by molar-refractivity contribution is -0.149. The Balaban J connectivity index is 2.86. The minimum absolute atomic E-state index is 0.490. The second-order valence-electron chi connectivity index (χ2n) is 5.13. The van der Waals surface area contributed by atoms with E-state index in [0.717, 1.165) is 3.57 Å². The monoisotopic (exact) mass is 361 g/mol. The zero-order chi connectivity index (χ0) is 13.9. The van der Waals surface area contributed by atoms with Crippen molar-refractivity contribution in [3.8, 4) is 0 Å². The van der Waals surface area contributed by atoms with Crippen molar-refractivity contribution in [2.24, 2.45) is 11.3 Å². The number of anilines is 1. The molecule has 5 heteroatoms. The number of aliphatic carboxylic acids is 1. The number of carbonyl (C=O) groups is 2. The van der Waals surface area contributed by atoms with Gasteiger partial charge in [0.15, 0.2) is 0 Å². The zero-order valence-corrected chi connectivity index (χ0v) is 12.7. The molecule has 2 N–H and O–H groups in total. The lowest BCUT2D eigenvalue weighted by atomic mass is 9.80. The summed E-state index contributed by atoms with van der Waals surface area (Å²) in [5, 5.41) is 11.8. The van der Waals surface area contributed by atoms with Gasteiger partial charge in [-0.05, 0) is 52.3 Å². The Morgan fingerprint density at radius 3 is 2.11 bits per heavy atom. The highest BCUT2D eigenvalue weighted by molar-refractivity contribution is 14.1. The molecule has 0 aliphatic carbocycles. The standard InChI is InChI=1S/C13H16INO3/c1-13(2,3)10(12(17)18)11(16)15-9-6-4-8(14)5-7-9/h4-7,10H,1-3H3,(H,15,16)(H,17,18). The largest absolute Gasteiger partial charge is 0.481 e. The van der Waals surface area contributed by atoms with Gasteiger partial charge in [0.25, 0.3) is 0 Å². The van der Waals surface area contributed by atoms with Crippen LogP contribution in [0, 0.1) is 14.9 Å². The van der Waals surface area contributed by atoms with Crippen LogP contribution in [0.3, 0.4) is 0 Å². The Morgan fingerprint density at radius 2 is 1.72 bits per heavy atom. The van der Waals surface area contributed by atoms with E-state index in [1.807, 2.05) is 12.1 Å². The van der Waals surface area contributed by atoms with Crippen molar-refractivity contribution in [3.63, 3.8) is 0 Å². The van der Waals surface area contributed by atoms with E-state index >= 15 is 0 Å². The van der Waals surface area contributed by atoms with Gasteiger partial charge in [0.1, 0.15) is 5.92 Å². The van der Waals surface area contributed by atoms with E-state index in [1.165, 1.54) is 0 Å². The summed E-state index contributed by atoms with van der Waals surface area (Å²) in [7, 11) is 0. The van der Waals surface area contributed by atoms with Gasteiger partial charge in [0.2, 0.25) is 5.91 Å². The number of amides is 1. The quantitative estimate of drug-likeness (QED) is 0.643. The maximum atomic E-state index is 12.0. The Labute approximate surface area is 120 Å². The highest BCUT2D eigenvalue weighted by Crippen LogP contribution is 2.27. The Hall–Kier alpha value is -1.11. The molecule has 1 rings (SSSR count). The van der Waals surface area contributed by atoms with Crippen molar-refractivity contribution in [2.45, 2.75) is 20.8 Å². The molecule has 1 amide bonds. The van der Waals surface area contributed by atoms with Crippen LogP contribution in [-0.4, -0.2) is 17.0 Å². The van der Waals surface area contributed by atoms with Crippen molar-refractivity contribution in [2.75, 3.05) is 5.32 Å². The summed E-state index contributed by atoms with van der Waals surface area (Å²) in [6.45, 7) is 5.21. The maximum Gasteiger partial charge on any atom is 0.316 e. The number of carbonyl (C=O) groups excluding carboxylic acids is 1. The van der Waals surface area contributed by atoms with E-state index in [1.54, 1.807) is 32.9 Å². The minimum atomic E-state index is -1.11. The first-order valence-electron chi connectivity index (χ1n) is 5.51. The summed E-state index contributed by atoms with van der Waals surface area (Å²) in [4.78, 5) is 23.2. The minimum Gasteiger partial charge on any atom is -0.481 e. The van der Waals surface area contributed by atoms with Crippen LogP contribution in [0.2, 0.25) is 0 Å². The fraction of sp³-hybridized carbons (Fsp3) is 0.385. The number of hydrogen-bond acceptors (Lipinski definition) is 2. The van der Waals surface area contributed by atoms with E-state index in [-0.39, 0.29) is 0 Å². The third kappa shape index (κ3) is 3.97. The van der Waals surface area contributed by atoms with Gasteiger partial charge in [-0.3, -0.25) is 9.59 Å². The third-order valence-corrected chi connectivity index (χ3v) is 3.21. The van der Waals surface area contributed by atoms with Gasteiger partial charge in [0.05, 0.1) is 0 Å². The fourth-order valence-corrected chi connectivity index (χ4v) is 1.98. The molecule has 0 radical (unpaired) electrons. The first-order valence-corrected chi connectivity index (χ1v) is 6.59. The second kappa shape index (κ2) is 5.69. The summed E-state index contributed by atoms with van der Waals surface area (Å²) in [5.41, 5.74) is -0.0185. The molecule has 98 valence electrons. The van der Waals surface area contributed by atoms with Crippen LogP contribution in [0.25, 0.3) is 0 Å². The second-order valence-corrected chi connectivity index (χ2v) is 6.38. The lowest BCUT2D eigenvalue weighted by Crippen LogP contribution is -2.39. The van der Waals surface area contributed by atoms with Crippen LogP contribution in [0.5, 0.6) is 0 Å². The Kier molecular flexibility index (Phi) is 4.72. The summed E-state index contributed by atoms with van der Waals surface area (Å²) < 4.78 is 1.05. The van der Waals surface area contributed by atoms with Gasteiger partial charge in [-0.15, -0.1) is 0 Å². The van der Waals surface area contributed by atoms with Crippen molar-refractivity contribution in [1.29, 1.82) is 0 Å². The molecule has 1 aromatic rings. The molecular weight excluding hydrogens is 345 g/mol. The summed E-state index contributed by atoms with van der Waals surface area (Å²) in [5.74, 6) is -2.67. The van der Waals surface area contributed by atoms with Crippen molar-refractivity contribution < 1.29 is 14.7 Å². The smallest absolute Gasteiger partial charge is 0.316 e. The zero-order valence-electron chi connectivity index (χ0n) is 10.5. The average molecular weight is 361 g/mol. The van der Waals surface area contributed by atoms with Crippen LogP contribution in [0.1, 0.15) is 20.8 Å². The van der Waals surface area contributed by atoms with E-state index in [2.05, 4.69) is 27.9 Å². The van der Waals surface area contributed by atoms with Gasteiger partial charge in [-0.2, -0.15) is 0 Å². The average Bonchev–Trinajstić information content (AvgIpc) is 2.18. The Bertz CT molecular complexity index is 448. The maximum absolute atomic E-state index is 12.0. The van der Waals surface area contributed by atoms with Crippen LogP contribution < -0.4 is 5.32 Å².